The number of anilines is 1. The second kappa shape index (κ2) is 8.06. The predicted molar refractivity (Wildman–Crippen MR) is 124 cm³/mol. The highest BCUT2D eigenvalue weighted by molar-refractivity contribution is 6.42. The van der Waals surface area contributed by atoms with Gasteiger partial charge in [0, 0.05) is 38.8 Å². The fourth-order valence-corrected chi connectivity index (χ4v) is 5.50. The molecule has 1 aliphatic carbocycles. The summed E-state index contributed by atoms with van der Waals surface area (Å²) >= 11 is 12.7. The van der Waals surface area contributed by atoms with Gasteiger partial charge < -0.3 is 29.5 Å². The van der Waals surface area contributed by atoms with Crippen LogP contribution in [0.25, 0.3) is 0 Å². The average molecular weight is 498 g/mol. The first-order chi connectivity index (χ1) is 15.5. The van der Waals surface area contributed by atoms with Crippen LogP contribution in [-0.4, -0.2) is 95.7 Å². The largest absolute Gasteiger partial charge is 0.489 e. The molecule has 1 aromatic rings. The number of nitrogens with one attached hydrogen (secondary N) is 1. The highest BCUT2D eigenvalue weighted by Crippen LogP contribution is 2.48. The van der Waals surface area contributed by atoms with Crippen molar-refractivity contribution >= 4 is 41.0 Å². The van der Waals surface area contributed by atoms with Gasteiger partial charge in [-0.1, -0.05) is 23.2 Å². The van der Waals surface area contributed by atoms with E-state index in [-0.39, 0.29) is 40.5 Å². The van der Waals surface area contributed by atoms with Crippen molar-refractivity contribution in [2.24, 2.45) is 11.8 Å². The second-order valence-electron chi connectivity index (χ2n) is 10.4. The van der Waals surface area contributed by atoms with E-state index < -0.39 is 11.7 Å². The quantitative estimate of drug-likeness (QED) is 0.628. The Bertz CT molecular complexity index is 988. The van der Waals surface area contributed by atoms with Crippen LogP contribution in [0.3, 0.4) is 0 Å². The van der Waals surface area contributed by atoms with E-state index >= 15 is 0 Å². The molecule has 1 aromatic heterocycles. The maximum absolute atomic E-state index is 13.7. The smallest absolute Gasteiger partial charge is 0.410 e. The number of hydrogen-bond donors (Lipinski definition) is 1. The number of amides is 2. The molecule has 2 amide bonds. The summed E-state index contributed by atoms with van der Waals surface area (Å²) in [6.45, 7) is 8.77. The molecule has 4 aliphatic rings. The molecule has 11 heteroatoms. The number of ether oxygens (including phenoxy) is 2. The summed E-state index contributed by atoms with van der Waals surface area (Å²) in [7, 11) is 2.11. The van der Waals surface area contributed by atoms with Gasteiger partial charge in [-0.2, -0.15) is 0 Å². The average Bonchev–Trinajstić information content (AvgIpc) is 3.22. The van der Waals surface area contributed by atoms with Crippen LogP contribution in [0.2, 0.25) is 10.2 Å². The fourth-order valence-electron chi connectivity index (χ4n) is 5.14. The van der Waals surface area contributed by atoms with Crippen LogP contribution in [-0.2, 0) is 4.74 Å². The zero-order valence-corrected chi connectivity index (χ0v) is 20.7. The van der Waals surface area contributed by atoms with E-state index in [2.05, 4.69) is 22.2 Å². The first kappa shape index (κ1) is 22.8. The van der Waals surface area contributed by atoms with Gasteiger partial charge in [0.15, 0.2) is 10.9 Å². The van der Waals surface area contributed by atoms with Crippen LogP contribution in [0.5, 0.6) is 5.75 Å². The molecule has 4 heterocycles. The number of likely N-dealkylation sites (tertiary alicyclic amines) is 1. The Balaban J connectivity index is 1.38. The molecule has 5 rings (SSSR count). The Morgan fingerprint density at radius 3 is 2.55 bits per heavy atom. The zero-order chi connectivity index (χ0) is 23.7. The van der Waals surface area contributed by atoms with Gasteiger partial charge in [-0.25, -0.2) is 9.78 Å². The fraction of sp³-hybridized carbons (Fsp3) is 0.682. The SMILES string of the molecule is CN1C[C@@H]2[C@H](C1)[C@H]2Nc1nc(Cl)c(Cl)c2c1C(=O)N1CCN(C(=O)OC(C)(C)C)CC1CO2. The molecule has 9 nitrogen and oxygen atoms in total. The summed E-state index contributed by atoms with van der Waals surface area (Å²) in [6, 6.07) is -0.0753. The molecular weight excluding hydrogens is 469 g/mol. The van der Waals surface area contributed by atoms with Crippen molar-refractivity contribution < 1.29 is 19.1 Å². The number of pyridine rings is 1. The molecule has 0 radical (unpaired) electrons. The number of piperidine rings is 1. The lowest BCUT2D eigenvalue weighted by Gasteiger charge is -2.40. The van der Waals surface area contributed by atoms with Crippen molar-refractivity contribution in [3.63, 3.8) is 0 Å². The lowest BCUT2D eigenvalue weighted by Crippen LogP contribution is -2.58. The lowest BCUT2D eigenvalue weighted by molar-refractivity contribution is 0.000958. The minimum absolute atomic E-state index is 0.101. The van der Waals surface area contributed by atoms with E-state index in [9.17, 15) is 9.59 Å². The molecule has 3 aliphatic heterocycles. The number of carbonyl (C=O) groups is 2. The number of carbonyl (C=O) groups excluding carboxylic acids is 2. The maximum atomic E-state index is 13.7. The van der Waals surface area contributed by atoms with Gasteiger partial charge in [0.05, 0.1) is 6.04 Å². The standard InChI is InChI=1S/C22H29Cl2N5O4/c1-22(2,3)33-21(31)28-5-6-29-11(7-28)10-32-17-14(20(29)30)19(26-18(24)15(17)23)25-16-12-8-27(4)9-13(12)16/h11-13,16H,5-10H2,1-4H3,(H,25,26)/t11?,12-,13+,16+. The summed E-state index contributed by atoms with van der Waals surface area (Å²) < 4.78 is 11.5. The summed E-state index contributed by atoms with van der Waals surface area (Å²) in [5.41, 5.74) is -0.275. The molecule has 1 unspecified atom stereocenters. The summed E-state index contributed by atoms with van der Waals surface area (Å²) in [5, 5.41) is 3.68. The molecule has 1 saturated carbocycles. The molecule has 2 saturated heterocycles. The molecule has 0 spiro atoms. The van der Waals surface area contributed by atoms with Crippen molar-refractivity contribution in [2.75, 3.05) is 51.7 Å². The number of fused-ring (bicyclic) bond motifs is 3. The number of aromatic nitrogens is 1. The van der Waals surface area contributed by atoms with Gasteiger partial charge in [0.1, 0.15) is 28.6 Å². The molecular formula is C22H29Cl2N5O4. The maximum Gasteiger partial charge on any atom is 0.410 e. The highest BCUT2D eigenvalue weighted by atomic mass is 35.5. The van der Waals surface area contributed by atoms with Gasteiger partial charge in [-0.05, 0) is 39.7 Å². The molecule has 3 fully saturated rings. The third-order valence-corrected chi connectivity index (χ3v) is 7.48. The number of nitrogens with zero attached hydrogens (tertiary/aromatic N) is 4. The molecule has 180 valence electrons. The lowest BCUT2D eigenvalue weighted by atomic mass is 10.1. The minimum Gasteiger partial charge on any atom is -0.489 e. The topological polar surface area (TPSA) is 87.2 Å². The molecule has 1 N–H and O–H groups in total. The van der Waals surface area contributed by atoms with Crippen LogP contribution < -0.4 is 10.1 Å². The van der Waals surface area contributed by atoms with E-state index in [1.807, 2.05) is 20.8 Å². The summed E-state index contributed by atoms with van der Waals surface area (Å²) in [6.07, 6.45) is -0.397. The first-order valence-electron chi connectivity index (χ1n) is 11.3. The third kappa shape index (κ3) is 4.19. The number of piperazine rings is 1. The Morgan fingerprint density at radius 1 is 1.18 bits per heavy atom. The summed E-state index contributed by atoms with van der Waals surface area (Å²) in [5.74, 6) is 1.53. The van der Waals surface area contributed by atoms with E-state index in [1.165, 1.54) is 0 Å². The Hall–Kier alpha value is -1.97. The van der Waals surface area contributed by atoms with E-state index in [0.717, 1.165) is 13.1 Å². The number of halogens is 2. The van der Waals surface area contributed by atoms with Crippen LogP contribution >= 0.6 is 23.2 Å². The second-order valence-corrected chi connectivity index (χ2v) is 11.1. The summed E-state index contributed by atoms with van der Waals surface area (Å²) in [4.78, 5) is 36.3. The van der Waals surface area contributed by atoms with Gasteiger partial charge in [-0.15, -0.1) is 0 Å². The zero-order valence-electron chi connectivity index (χ0n) is 19.2. The van der Waals surface area contributed by atoms with Crippen LogP contribution in [0.1, 0.15) is 31.1 Å². The molecule has 0 bridgehead atoms. The Labute approximate surface area is 203 Å². The van der Waals surface area contributed by atoms with Gasteiger partial charge in [0.2, 0.25) is 0 Å². The van der Waals surface area contributed by atoms with Gasteiger partial charge in [-0.3, -0.25) is 4.79 Å². The van der Waals surface area contributed by atoms with Gasteiger partial charge in [0.25, 0.3) is 5.91 Å². The van der Waals surface area contributed by atoms with Crippen LogP contribution in [0.15, 0.2) is 0 Å². The molecule has 0 aromatic carbocycles. The van der Waals surface area contributed by atoms with E-state index in [1.54, 1.807) is 9.80 Å². The molecule has 4 atom stereocenters. The number of rotatable bonds is 2. The van der Waals surface area contributed by atoms with E-state index in [4.69, 9.17) is 32.7 Å². The van der Waals surface area contributed by atoms with Crippen molar-refractivity contribution in [1.29, 1.82) is 0 Å². The number of hydrogen-bond acceptors (Lipinski definition) is 7. The van der Waals surface area contributed by atoms with Gasteiger partial charge >= 0.3 is 6.09 Å². The van der Waals surface area contributed by atoms with Crippen molar-refractivity contribution in [1.82, 2.24) is 19.7 Å². The van der Waals surface area contributed by atoms with E-state index in [0.29, 0.717) is 42.9 Å². The van der Waals surface area contributed by atoms with Crippen molar-refractivity contribution in [2.45, 2.75) is 38.5 Å². The van der Waals surface area contributed by atoms with Crippen molar-refractivity contribution in [3.05, 3.63) is 15.7 Å². The monoisotopic (exact) mass is 497 g/mol. The normalized spacial score (nSPS) is 29.0. The first-order valence-corrected chi connectivity index (χ1v) is 12.0. The Morgan fingerprint density at radius 2 is 1.88 bits per heavy atom. The van der Waals surface area contributed by atoms with Crippen molar-refractivity contribution in [3.8, 4) is 5.75 Å². The Kier molecular flexibility index (Phi) is 5.57. The van der Waals surface area contributed by atoms with Crippen LogP contribution in [0.4, 0.5) is 10.6 Å². The minimum atomic E-state index is -0.591. The third-order valence-electron chi connectivity index (χ3n) is 6.76. The predicted octanol–water partition coefficient (Wildman–Crippen LogP) is 2.81. The van der Waals surface area contributed by atoms with Crippen LogP contribution in [0, 0.1) is 11.8 Å². The molecule has 33 heavy (non-hydrogen) atoms. The highest BCUT2D eigenvalue weighted by Gasteiger charge is 2.55.